The van der Waals surface area contributed by atoms with Crippen molar-refractivity contribution in [2.75, 3.05) is 31.6 Å². The van der Waals surface area contributed by atoms with E-state index in [1.807, 2.05) is 32.5 Å². The van der Waals surface area contributed by atoms with Crippen LogP contribution in [0.1, 0.15) is 32.1 Å². The lowest BCUT2D eigenvalue weighted by Gasteiger charge is -2.41. The number of benzene rings is 1. The normalized spacial score (nSPS) is 18.0. The number of hydrogen-bond acceptors (Lipinski definition) is 5. The van der Waals surface area contributed by atoms with E-state index < -0.39 is 6.10 Å². The summed E-state index contributed by atoms with van der Waals surface area (Å²) < 4.78 is 23.9. The van der Waals surface area contributed by atoms with Crippen LogP contribution in [0.15, 0.2) is 53.4 Å². The smallest absolute Gasteiger partial charge is 0.249 e. The SMILES string of the molecule is C=CCCC(=O)N1CCC(N(C2=C(OC)CCN=C2)c2ccc(OC(F)P)cc2)CC1. The summed E-state index contributed by atoms with van der Waals surface area (Å²) in [4.78, 5) is 21.1. The van der Waals surface area contributed by atoms with Crippen molar-refractivity contribution in [2.45, 2.75) is 44.2 Å². The number of allylic oxidation sites excluding steroid dienone is 2. The van der Waals surface area contributed by atoms with Crippen LogP contribution in [0.2, 0.25) is 0 Å². The lowest BCUT2D eigenvalue weighted by Crippen LogP contribution is -2.47. The van der Waals surface area contributed by atoms with Gasteiger partial charge in [-0.1, -0.05) is 15.3 Å². The molecule has 168 valence electrons. The Balaban J connectivity index is 1.82. The summed E-state index contributed by atoms with van der Waals surface area (Å²) in [5, 5.41) is 0. The van der Waals surface area contributed by atoms with Crippen molar-refractivity contribution in [2.24, 2.45) is 4.99 Å². The van der Waals surface area contributed by atoms with Gasteiger partial charge in [0.2, 0.25) is 12.0 Å². The molecule has 2 aliphatic rings. The molecule has 0 radical (unpaired) electrons. The minimum absolute atomic E-state index is 0.181. The molecule has 2 aliphatic heterocycles. The zero-order valence-electron chi connectivity index (χ0n) is 18.0. The van der Waals surface area contributed by atoms with E-state index in [1.54, 1.807) is 25.3 Å². The van der Waals surface area contributed by atoms with Gasteiger partial charge in [-0.2, -0.15) is 4.39 Å². The summed E-state index contributed by atoms with van der Waals surface area (Å²) in [6.07, 6.45) is 5.84. The second kappa shape index (κ2) is 11.3. The number of anilines is 1. The summed E-state index contributed by atoms with van der Waals surface area (Å²) in [7, 11) is 3.67. The van der Waals surface area contributed by atoms with Crippen LogP contribution in [0.5, 0.6) is 5.75 Å². The predicted molar refractivity (Wildman–Crippen MR) is 125 cm³/mol. The molecule has 1 aromatic carbocycles. The van der Waals surface area contributed by atoms with Crippen molar-refractivity contribution in [3.63, 3.8) is 0 Å². The van der Waals surface area contributed by atoms with Crippen LogP contribution in [-0.4, -0.2) is 55.9 Å². The Morgan fingerprint density at radius 3 is 2.71 bits per heavy atom. The lowest BCUT2D eigenvalue weighted by atomic mass is 10.00. The maximum absolute atomic E-state index is 13.2. The van der Waals surface area contributed by atoms with Gasteiger partial charge in [0.25, 0.3) is 0 Å². The monoisotopic (exact) mass is 447 g/mol. The number of ether oxygens (including phenoxy) is 2. The Bertz CT molecular complexity index is 818. The number of likely N-dealkylation sites (tertiary alicyclic amines) is 1. The zero-order chi connectivity index (χ0) is 22.2. The molecule has 0 N–H and O–H groups in total. The van der Waals surface area contributed by atoms with Gasteiger partial charge in [0.05, 0.1) is 12.8 Å². The molecule has 8 heteroatoms. The van der Waals surface area contributed by atoms with Gasteiger partial charge in [0, 0.05) is 50.4 Å². The number of halogens is 1. The highest BCUT2D eigenvalue weighted by Crippen LogP contribution is 2.32. The second-order valence-electron chi connectivity index (χ2n) is 7.57. The number of amides is 1. The van der Waals surface area contributed by atoms with Crippen LogP contribution in [0.4, 0.5) is 10.1 Å². The maximum atomic E-state index is 13.2. The molecule has 0 aliphatic carbocycles. The fourth-order valence-corrected chi connectivity index (χ4v) is 4.20. The van der Waals surface area contributed by atoms with E-state index in [9.17, 15) is 9.18 Å². The summed E-state index contributed by atoms with van der Waals surface area (Å²) >= 11 is 0. The number of carbonyl (C=O) groups is 1. The highest BCUT2D eigenvalue weighted by Gasteiger charge is 2.30. The van der Waals surface area contributed by atoms with Gasteiger partial charge in [-0.05, 0) is 43.5 Å². The van der Waals surface area contributed by atoms with Crippen molar-refractivity contribution < 1.29 is 18.7 Å². The predicted octanol–water partition coefficient (Wildman–Crippen LogP) is 4.29. The molecule has 0 aromatic heterocycles. The fourth-order valence-electron chi connectivity index (χ4n) is 4.04. The average Bonchev–Trinajstić information content (AvgIpc) is 2.79. The maximum Gasteiger partial charge on any atom is 0.249 e. The first kappa shape index (κ1) is 23.3. The third-order valence-corrected chi connectivity index (χ3v) is 5.72. The Morgan fingerprint density at radius 2 is 2.10 bits per heavy atom. The lowest BCUT2D eigenvalue weighted by molar-refractivity contribution is -0.132. The largest absolute Gasteiger partial charge is 0.499 e. The number of carbonyl (C=O) groups excluding carboxylic acids is 1. The quantitative estimate of drug-likeness (QED) is 0.419. The molecule has 31 heavy (non-hydrogen) atoms. The molecule has 1 saturated heterocycles. The number of aliphatic imine (C=N–C) groups is 1. The van der Waals surface area contributed by atoms with Gasteiger partial charge in [-0.15, -0.1) is 6.58 Å². The Kier molecular flexibility index (Phi) is 8.47. The molecule has 3 rings (SSSR count). The molecule has 0 bridgehead atoms. The molecule has 6 nitrogen and oxygen atoms in total. The van der Waals surface area contributed by atoms with Crippen LogP contribution >= 0.6 is 9.24 Å². The van der Waals surface area contributed by atoms with Crippen molar-refractivity contribution >= 4 is 27.0 Å². The van der Waals surface area contributed by atoms with Crippen molar-refractivity contribution in [3.8, 4) is 5.75 Å². The molecule has 2 unspecified atom stereocenters. The highest BCUT2D eigenvalue weighted by atomic mass is 31.0. The summed E-state index contributed by atoms with van der Waals surface area (Å²) in [6.45, 7) is 5.82. The molecule has 2 atom stereocenters. The number of hydrogen-bond donors (Lipinski definition) is 0. The number of methoxy groups -OCH3 is 1. The minimum Gasteiger partial charge on any atom is -0.499 e. The van der Waals surface area contributed by atoms with Crippen molar-refractivity contribution in [1.29, 1.82) is 0 Å². The van der Waals surface area contributed by atoms with Gasteiger partial charge in [-0.25, -0.2) is 0 Å². The number of piperidine rings is 1. The molecule has 1 aromatic rings. The average molecular weight is 447 g/mol. The van der Waals surface area contributed by atoms with E-state index in [1.165, 1.54) is 0 Å². The number of nitrogens with zero attached hydrogens (tertiary/aromatic N) is 3. The minimum atomic E-state index is -1.45. The topological polar surface area (TPSA) is 54.4 Å². The molecule has 1 amide bonds. The first-order valence-electron chi connectivity index (χ1n) is 10.6. The molecule has 0 saturated carbocycles. The first-order chi connectivity index (χ1) is 15.0. The summed E-state index contributed by atoms with van der Waals surface area (Å²) in [6, 6.07) is 7.56. The number of rotatable bonds is 9. The van der Waals surface area contributed by atoms with Crippen LogP contribution < -0.4 is 9.64 Å². The van der Waals surface area contributed by atoms with Crippen molar-refractivity contribution in [1.82, 2.24) is 4.90 Å². The Morgan fingerprint density at radius 1 is 1.39 bits per heavy atom. The van der Waals surface area contributed by atoms with Crippen LogP contribution in [0.25, 0.3) is 0 Å². The Hall–Kier alpha value is -2.40. The first-order valence-corrected chi connectivity index (χ1v) is 11.3. The van der Waals surface area contributed by atoms with Crippen LogP contribution in [0, 0.1) is 0 Å². The van der Waals surface area contributed by atoms with E-state index in [0.29, 0.717) is 38.2 Å². The third kappa shape index (κ3) is 6.07. The standard InChI is InChI=1S/C23H31FN3O3P/c1-3-4-5-22(28)26-14-11-18(12-15-26)27(20-16-25-13-10-21(20)29-2)17-6-8-19(9-7-17)30-23(24)31/h3,6-9,16,18,23H,1,4-5,10-15,31H2,2H3. The highest BCUT2D eigenvalue weighted by molar-refractivity contribution is 7.16. The zero-order valence-corrected chi connectivity index (χ0v) is 19.2. The van der Waals surface area contributed by atoms with E-state index in [-0.39, 0.29) is 11.9 Å². The van der Waals surface area contributed by atoms with E-state index in [0.717, 1.165) is 36.4 Å². The van der Waals surface area contributed by atoms with E-state index in [2.05, 4.69) is 16.5 Å². The Labute approximate surface area is 186 Å². The van der Waals surface area contributed by atoms with Gasteiger partial charge < -0.3 is 19.3 Å². The fraction of sp³-hybridized carbons (Fsp3) is 0.478. The van der Waals surface area contributed by atoms with E-state index in [4.69, 9.17) is 9.47 Å². The third-order valence-electron chi connectivity index (χ3n) is 5.58. The summed E-state index contributed by atoms with van der Waals surface area (Å²) in [5.74, 6) is 1.54. The van der Waals surface area contributed by atoms with Crippen molar-refractivity contribution in [3.05, 3.63) is 48.4 Å². The van der Waals surface area contributed by atoms with E-state index >= 15 is 0 Å². The van der Waals surface area contributed by atoms with Crippen LogP contribution in [-0.2, 0) is 9.53 Å². The molecule has 2 heterocycles. The number of dihydropyridines is 1. The molecule has 0 spiro atoms. The second-order valence-corrected chi connectivity index (χ2v) is 8.09. The number of alkyl halides is 1. The molecular formula is C23H31FN3O3P. The van der Waals surface area contributed by atoms with Gasteiger partial charge >= 0.3 is 0 Å². The van der Waals surface area contributed by atoms with Crippen LogP contribution in [0.3, 0.4) is 0 Å². The van der Waals surface area contributed by atoms with Gasteiger partial charge in [-0.3, -0.25) is 9.79 Å². The molecular weight excluding hydrogens is 416 g/mol. The summed E-state index contributed by atoms with van der Waals surface area (Å²) in [5.41, 5.74) is 1.90. The van der Waals surface area contributed by atoms with Gasteiger partial charge in [0.15, 0.2) is 0 Å². The molecule has 1 fully saturated rings. The van der Waals surface area contributed by atoms with Gasteiger partial charge in [0.1, 0.15) is 11.5 Å².